The van der Waals surface area contributed by atoms with Gasteiger partial charge in [0, 0.05) is 6.92 Å². The van der Waals surface area contributed by atoms with Crippen LogP contribution in [0.15, 0.2) is 41.0 Å². The van der Waals surface area contributed by atoms with Crippen molar-refractivity contribution in [2.24, 2.45) is 4.99 Å². The van der Waals surface area contributed by atoms with Crippen LogP contribution in [0.1, 0.15) is 18.1 Å². The summed E-state index contributed by atoms with van der Waals surface area (Å²) in [6.07, 6.45) is 1.39. The molecule has 1 aliphatic heterocycles. The molecule has 0 amide bonds. The molecule has 28 heavy (non-hydrogen) atoms. The Hall–Kier alpha value is -3.26. The highest BCUT2D eigenvalue weighted by atomic mass is 35.5. The Balaban J connectivity index is 1.96. The van der Waals surface area contributed by atoms with Crippen LogP contribution in [0.5, 0.6) is 11.5 Å². The van der Waals surface area contributed by atoms with E-state index in [4.69, 9.17) is 25.8 Å². The number of halogens is 3. The number of ether oxygens (including phenoxy) is 3. The molecular weight excluding hydrogens is 396 g/mol. The number of carbonyl (C=O) groups excluding carboxylic acids is 2. The topological polar surface area (TPSA) is 74.2 Å². The Labute approximate surface area is 163 Å². The number of methoxy groups -OCH3 is 1. The van der Waals surface area contributed by atoms with Crippen molar-refractivity contribution in [2.45, 2.75) is 6.92 Å². The van der Waals surface area contributed by atoms with Crippen LogP contribution in [0.25, 0.3) is 6.08 Å². The third-order valence-electron chi connectivity index (χ3n) is 3.61. The number of nitrogens with zero attached hydrogens (tertiary/aromatic N) is 1. The minimum Gasteiger partial charge on any atom is -0.493 e. The van der Waals surface area contributed by atoms with Gasteiger partial charge in [-0.15, -0.1) is 0 Å². The number of esters is 2. The normalized spacial score (nSPS) is 14.7. The lowest BCUT2D eigenvalue weighted by Gasteiger charge is -2.08. The van der Waals surface area contributed by atoms with Crippen LogP contribution in [0, 0.1) is 11.6 Å². The SMILES string of the molecule is COc1cc(/C=C2/N=C(c3cc(F)c(F)cc3Cl)OC2=O)ccc1OC(C)=O. The molecule has 0 radical (unpaired) electrons. The first kappa shape index (κ1) is 19.5. The fourth-order valence-corrected chi connectivity index (χ4v) is 2.61. The number of benzene rings is 2. The van der Waals surface area contributed by atoms with Gasteiger partial charge in [0.2, 0.25) is 5.90 Å². The molecule has 0 aromatic heterocycles. The first-order valence-corrected chi connectivity index (χ1v) is 8.20. The van der Waals surface area contributed by atoms with Crippen LogP contribution in [0.4, 0.5) is 8.78 Å². The fraction of sp³-hybridized carbons (Fsp3) is 0.105. The zero-order valence-corrected chi connectivity index (χ0v) is 15.3. The van der Waals surface area contributed by atoms with Crippen molar-refractivity contribution in [1.82, 2.24) is 0 Å². The molecule has 0 atom stereocenters. The first-order valence-electron chi connectivity index (χ1n) is 7.82. The second-order valence-electron chi connectivity index (χ2n) is 5.59. The van der Waals surface area contributed by atoms with Crippen LogP contribution in [-0.4, -0.2) is 24.9 Å². The van der Waals surface area contributed by atoms with Crippen molar-refractivity contribution in [3.63, 3.8) is 0 Å². The number of rotatable bonds is 4. The van der Waals surface area contributed by atoms with Crippen molar-refractivity contribution in [3.05, 3.63) is 63.8 Å². The fourth-order valence-electron chi connectivity index (χ4n) is 2.38. The van der Waals surface area contributed by atoms with Crippen LogP contribution < -0.4 is 9.47 Å². The molecule has 3 rings (SSSR count). The quantitative estimate of drug-likeness (QED) is 0.332. The van der Waals surface area contributed by atoms with Crippen molar-refractivity contribution in [3.8, 4) is 11.5 Å². The molecule has 1 heterocycles. The molecule has 2 aromatic rings. The molecule has 2 aromatic carbocycles. The van der Waals surface area contributed by atoms with Crippen molar-refractivity contribution in [1.29, 1.82) is 0 Å². The maximum Gasteiger partial charge on any atom is 0.363 e. The molecule has 0 fully saturated rings. The van der Waals surface area contributed by atoms with Gasteiger partial charge < -0.3 is 14.2 Å². The minimum atomic E-state index is -1.15. The van der Waals surface area contributed by atoms with E-state index < -0.39 is 23.6 Å². The molecule has 6 nitrogen and oxygen atoms in total. The third-order valence-corrected chi connectivity index (χ3v) is 3.92. The van der Waals surface area contributed by atoms with Gasteiger partial charge in [-0.1, -0.05) is 17.7 Å². The van der Waals surface area contributed by atoms with Gasteiger partial charge in [-0.3, -0.25) is 4.79 Å². The minimum absolute atomic E-state index is 0.0555. The van der Waals surface area contributed by atoms with Gasteiger partial charge >= 0.3 is 11.9 Å². The molecule has 0 N–H and O–H groups in total. The maximum atomic E-state index is 13.5. The number of carbonyl (C=O) groups is 2. The number of cyclic esters (lactones) is 1. The molecule has 0 saturated heterocycles. The number of hydrogen-bond acceptors (Lipinski definition) is 6. The summed E-state index contributed by atoms with van der Waals surface area (Å²) in [6, 6.07) is 6.14. The van der Waals surface area contributed by atoms with Gasteiger partial charge in [0.25, 0.3) is 0 Å². The summed E-state index contributed by atoms with van der Waals surface area (Å²) < 4.78 is 41.9. The highest BCUT2D eigenvalue weighted by Gasteiger charge is 2.27. The Morgan fingerprint density at radius 2 is 1.89 bits per heavy atom. The van der Waals surface area contributed by atoms with Gasteiger partial charge in [-0.25, -0.2) is 18.6 Å². The van der Waals surface area contributed by atoms with Crippen LogP contribution in [0.3, 0.4) is 0 Å². The van der Waals surface area contributed by atoms with Gasteiger partial charge in [0.1, 0.15) is 0 Å². The molecule has 144 valence electrons. The van der Waals surface area contributed by atoms with Crippen LogP contribution in [0.2, 0.25) is 5.02 Å². The predicted octanol–water partition coefficient (Wildman–Crippen LogP) is 3.90. The van der Waals surface area contributed by atoms with E-state index in [0.717, 1.165) is 12.1 Å². The Bertz CT molecular complexity index is 1050. The van der Waals surface area contributed by atoms with E-state index in [1.54, 1.807) is 6.07 Å². The van der Waals surface area contributed by atoms with E-state index in [9.17, 15) is 18.4 Å². The molecule has 0 spiro atoms. The predicted molar refractivity (Wildman–Crippen MR) is 96.3 cm³/mol. The van der Waals surface area contributed by atoms with E-state index >= 15 is 0 Å². The van der Waals surface area contributed by atoms with Crippen molar-refractivity contribution >= 4 is 35.5 Å². The van der Waals surface area contributed by atoms with Crippen molar-refractivity contribution in [2.75, 3.05) is 7.11 Å². The first-order chi connectivity index (χ1) is 13.3. The zero-order chi connectivity index (χ0) is 20.4. The molecule has 0 aliphatic carbocycles. The standard InChI is InChI=1S/C19H12ClF2NO5/c1-9(24)27-16-4-3-10(6-17(16)26-2)5-15-19(25)28-18(23-15)11-7-13(21)14(22)8-12(11)20/h3-8H,1-2H3/b15-5+. The lowest BCUT2D eigenvalue weighted by atomic mass is 10.1. The van der Waals surface area contributed by atoms with E-state index in [2.05, 4.69) is 4.99 Å². The summed E-state index contributed by atoms with van der Waals surface area (Å²) in [5.41, 5.74) is 0.360. The third kappa shape index (κ3) is 4.01. The molecule has 0 saturated carbocycles. The van der Waals surface area contributed by atoms with E-state index in [-0.39, 0.29) is 33.7 Å². The number of aliphatic imine (C=N–C) groups is 1. The van der Waals surface area contributed by atoms with Gasteiger partial charge in [-0.2, -0.15) is 0 Å². The maximum absolute atomic E-state index is 13.5. The Morgan fingerprint density at radius 1 is 1.18 bits per heavy atom. The summed E-state index contributed by atoms with van der Waals surface area (Å²) in [5, 5.41) is -0.154. The average molecular weight is 408 g/mol. The smallest absolute Gasteiger partial charge is 0.363 e. The van der Waals surface area contributed by atoms with Crippen LogP contribution in [-0.2, 0) is 14.3 Å². The Morgan fingerprint density at radius 3 is 2.57 bits per heavy atom. The summed E-state index contributed by atoms with van der Waals surface area (Å²) in [4.78, 5) is 27.2. The monoisotopic (exact) mass is 407 g/mol. The van der Waals surface area contributed by atoms with Crippen LogP contribution >= 0.6 is 11.6 Å². The molecular formula is C19H12ClF2NO5. The summed E-state index contributed by atoms with van der Waals surface area (Å²) in [6.45, 7) is 1.25. The van der Waals surface area contributed by atoms with E-state index in [1.165, 1.54) is 32.2 Å². The summed E-state index contributed by atoms with van der Waals surface area (Å²) >= 11 is 5.88. The van der Waals surface area contributed by atoms with Gasteiger partial charge in [0.05, 0.1) is 17.7 Å². The largest absolute Gasteiger partial charge is 0.493 e. The Kier molecular flexibility index (Phi) is 5.41. The zero-order valence-electron chi connectivity index (χ0n) is 14.6. The second-order valence-corrected chi connectivity index (χ2v) is 5.99. The molecule has 0 bridgehead atoms. The molecule has 1 aliphatic rings. The lowest BCUT2D eigenvalue weighted by Crippen LogP contribution is -2.07. The summed E-state index contributed by atoms with van der Waals surface area (Å²) in [5.74, 6) is -3.35. The van der Waals surface area contributed by atoms with E-state index in [1.807, 2.05) is 0 Å². The average Bonchev–Trinajstić information content (AvgIpc) is 2.99. The number of hydrogen-bond donors (Lipinski definition) is 0. The molecule has 9 heteroatoms. The van der Waals surface area contributed by atoms with Gasteiger partial charge in [-0.05, 0) is 35.9 Å². The van der Waals surface area contributed by atoms with Crippen molar-refractivity contribution < 1.29 is 32.6 Å². The highest BCUT2D eigenvalue weighted by Crippen LogP contribution is 2.30. The van der Waals surface area contributed by atoms with Gasteiger partial charge in [0.15, 0.2) is 28.8 Å². The van der Waals surface area contributed by atoms with E-state index in [0.29, 0.717) is 5.56 Å². The highest BCUT2D eigenvalue weighted by molar-refractivity contribution is 6.34. The molecule has 0 unspecified atom stereocenters. The summed E-state index contributed by atoms with van der Waals surface area (Å²) in [7, 11) is 1.39. The lowest BCUT2D eigenvalue weighted by molar-refractivity contribution is -0.132. The second kappa shape index (κ2) is 7.77.